The number of nitrogens with zero attached hydrogens (tertiary/aromatic N) is 1. The molecular formula is C11H14FN3. The maximum absolute atomic E-state index is 13.2. The van der Waals surface area contributed by atoms with E-state index in [4.69, 9.17) is 11.0 Å². The molecule has 3 N–H and O–H groups in total. The highest BCUT2D eigenvalue weighted by Gasteiger charge is 2.12. The van der Waals surface area contributed by atoms with E-state index < -0.39 is 5.82 Å². The molecule has 4 heteroatoms. The van der Waals surface area contributed by atoms with Crippen LogP contribution in [0, 0.1) is 17.1 Å². The molecule has 2 atom stereocenters. The number of nitrogens with one attached hydrogen (secondary N) is 1. The van der Waals surface area contributed by atoms with Crippen molar-refractivity contribution in [2.45, 2.75) is 25.9 Å². The van der Waals surface area contributed by atoms with Crippen molar-refractivity contribution in [1.29, 1.82) is 5.26 Å². The lowest BCUT2D eigenvalue weighted by molar-refractivity contribution is 0.618. The number of rotatable bonds is 3. The Morgan fingerprint density at radius 2 is 2.13 bits per heavy atom. The van der Waals surface area contributed by atoms with E-state index in [0.717, 1.165) is 0 Å². The smallest absolute Gasteiger partial charge is 0.143 e. The molecular weight excluding hydrogens is 193 g/mol. The van der Waals surface area contributed by atoms with Crippen LogP contribution >= 0.6 is 0 Å². The molecule has 0 saturated carbocycles. The molecule has 0 fully saturated rings. The van der Waals surface area contributed by atoms with Gasteiger partial charge in [-0.05, 0) is 26.0 Å². The molecule has 0 heterocycles. The van der Waals surface area contributed by atoms with Crippen LogP contribution in [0.3, 0.4) is 0 Å². The number of halogens is 1. The summed E-state index contributed by atoms with van der Waals surface area (Å²) >= 11 is 0. The minimum atomic E-state index is -0.514. The third kappa shape index (κ3) is 2.67. The monoisotopic (exact) mass is 207 g/mol. The predicted octanol–water partition coefficient (Wildman–Crippen LogP) is 1.84. The molecule has 15 heavy (non-hydrogen) atoms. The molecule has 80 valence electrons. The fraction of sp³-hybridized carbons (Fsp3) is 0.364. The fourth-order valence-corrected chi connectivity index (χ4v) is 1.13. The highest BCUT2D eigenvalue weighted by atomic mass is 19.1. The molecule has 0 aromatic heterocycles. The van der Waals surface area contributed by atoms with Gasteiger partial charge in [-0.1, -0.05) is 6.07 Å². The van der Waals surface area contributed by atoms with E-state index in [2.05, 4.69) is 5.32 Å². The molecule has 0 amide bonds. The van der Waals surface area contributed by atoms with E-state index in [9.17, 15) is 4.39 Å². The van der Waals surface area contributed by atoms with Crippen molar-refractivity contribution in [2.24, 2.45) is 5.73 Å². The summed E-state index contributed by atoms with van der Waals surface area (Å²) in [6.07, 6.45) is 0. The molecule has 0 aliphatic rings. The number of nitrogens with two attached hydrogens (primary N) is 1. The molecule has 0 bridgehead atoms. The Balaban J connectivity index is 2.96. The summed E-state index contributed by atoms with van der Waals surface area (Å²) in [5.41, 5.74) is 6.19. The van der Waals surface area contributed by atoms with Crippen LogP contribution in [0.5, 0.6) is 0 Å². The highest BCUT2D eigenvalue weighted by Crippen LogP contribution is 2.18. The van der Waals surface area contributed by atoms with Gasteiger partial charge in [0.1, 0.15) is 17.4 Å². The highest BCUT2D eigenvalue weighted by molar-refractivity contribution is 5.58. The van der Waals surface area contributed by atoms with E-state index in [-0.39, 0.29) is 17.6 Å². The molecule has 1 rings (SSSR count). The molecule has 0 spiro atoms. The Labute approximate surface area is 88.7 Å². The maximum atomic E-state index is 13.2. The van der Waals surface area contributed by atoms with Crippen LogP contribution in [-0.4, -0.2) is 12.1 Å². The van der Waals surface area contributed by atoms with E-state index in [1.54, 1.807) is 12.1 Å². The van der Waals surface area contributed by atoms with Crippen molar-refractivity contribution < 1.29 is 4.39 Å². The van der Waals surface area contributed by atoms with E-state index >= 15 is 0 Å². The van der Waals surface area contributed by atoms with Crippen LogP contribution in [0.25, 0.3) is 0 Å². The van der Waals surface area contributed by atoms with Crippen LogP contribution < -0.4 is 11.1 Å². The van der Waals surface area contributed by atoms with Gasteiger partial charge in [-0.25, -0.2) is 4.39 Å². The van der Waals surface area contributed by atoms with Crippen LogP contribution in [0.4, 0.5) is 10.1 Å². The number of hydrogen-bond donors (Lipinski definition) is 2. The second-order valence-electron chi connectivity index (χ2n) is 3.57. The summed E-state index contributed by atoms with van der Waals surface area (Å²) < 4.78 is 13.2. The average molecular weight is 207 g/mol. The average Bonchev–Trinajstić information content (AvgIpc) is 2.18. The minimum Gasteiger partial charge on any atom is -0.380 e. The molecule has 2 unspecified atom stereocenters. The number of benzene rings is 1. The second kappa shape index (κ2) is 4.76. The van der Waals surface area contributed by atoms with Gasteiger partial charge in [0.25, 0.3) is 0 Å². The summed E-state index contributed by atoms with van der Waals surface area (Å²) in [7, 11) is 0. The molecule has 1 aromatic carbocycles. The van der Waals surface area contributed by atoms with Crippen molar-refractivity contribution in [3.05, 3.63) is 29.6 Å². The Morgan fingerprint density at radius 1 is 1.47 bits per heavy atom. The van der Waals surface area contributed by atoms with E-state index in [1.807, 2.05) is 19.9 Å². The first-order valence-electron chi connectivity index (χ1n) is 4.77. The van der Waals surface area contributed by atoms with Crippen molar-refractivity contribution in [3.8, 4) is 6.07 Å². The number of nitriles is 1. The standard InChI is InChI=1S/C11H14FN3/c1-7(14)8(2)15-11-5-3-4-10(12)9(11)6-13/h3-5,7-8,15H,14H2,1-2H3. The Bertz CT molecular complexity index is 382. The topological polar surface area (TPSA) is 61.8 Å². The van der Waals surface area contributed by atoms with E-state index in [1.165, 1.54) is 6.07 Å². The maximum Gasteiger partial charge on any atom is 0.143 e. The van der Waals surface area contributed by atoms with Gasteiger partial charge in [-0.3, -0.25) is 0 Å². The van der Waals surface area contributed by atoms with Crippen LogP contribution in [0.2, 0.25) is 0 Å². The zero-order chi connectivity index (χ0) is 11.4. The van der Waals surface area contributed by atoms with Gasteiger partial charge in [-0.2, -0.15) is 5.26 Å². The van der Waals surface area contributed by atoms with Crippen LogP contribution in [0.15, 0.2) is 18.2 Å². The zero-order valence-corrected chi connectivity index (χ0v) is 8.79. The van der Waals surface area contributed by atoms with Crippen molar-refractivity contribution in [2.75, 3.05) is 5.32 Å². The van der Waals surface area contributed by atoms with Crippen molar-refractivity contribution in [3.63, 3.8) is 0 Å². The summed E-state index contributed by atoms with van der Waals surface area (Å²) in [5.74, 6) is -0.514. The first-order chi connectivity index (χ1) is 7.06. The lowest BCUT2D eigenvalue weighted by Crippen LogP contribution is -2.35. The molecule has 0 saturated heterocycles. The lowest BCUT2D eigenvalue weighted by Gasteiger charge is -2.19. The van der Waals surface area contributed by atoms with Crippen LogP contribution in [-0.2, 0) is 0 Å². The summed E-state index contributed by atoms with van der Waals surface area (Å²) in [6, 6.07) is 6.24. The van der Waals surface area contributed by atoms with Gasteiger partial charge in [0.15, 0.2) is 0 Å². The largest absolute Gasteiger partial charge is 0.380 e. The van der Waals surface area contributed by atoms with E-state index in [0.29, 0.717) is 5.69 Å². The van der Waals surface area contributed by atoms with Gasteiger partial charge in [0, 0.05) is 12.1 Å². The molecule has 0 aliphatic heterocycles. The fourth-order valence-electron chi connectivity index (χ4n) is 1.13. The number of hydrogen-bond acceptors (Lipinski definition) is 3. The molecule has 1 aromatic rings. The SMILES string of the molecule is CC(N)C(C)Nc1cccc(F)c1C#N. The van der Waals surface area contributed by atoms with Gasteiger partial charge >= 0.3 is 0 Å². The predicted molar refractivity (Wildman–Crippen MR) is 57.8 cm³/mol. The third-order valence-corrected chi connectivity index (χ3v) is 2.30. The van der Waals surface area contributed by atoms with Gasteiger partial charge in [0.05, 0.1) is 5.69 Å². The molecule has 3 nitrogen and oxygen atoms in total. The van der Waals surface area contributed by atoms with Crippen molar-refractivity contribution in [1.82, 2.24) is 0 Å². The Morgan fingerprint density at radius 3 is 2.67 bits per heavy atom. The molecule has 0 radical (unpaired) electrons. The summed E-state index contributed by atoms with van der Waals surface area (Å²) in [6.45, 7) is 3.74. The summed E-state index contributed by atoms with van der Waals surface area (Å²) in [4.78, 5) is 0. The van der Waals surface area contributed by atoms with Crippen molar-refractivity contribution >= 4 is 5.69 Å². The lowest BCUT2D eigenvalue weighted by atomic mass is 10.1. The number of anilines is 1. The third-order valence-electron chi connectivity index (χ3n) is 2.30. The zero-order valence-electron chi connectivity index (χ0n) is 8.79. The van der Waals surface area contributed by atoms with Gasteiger partial charge in [-0.15, -0.1) is 0 Å². The minimum absolute atomic E-state index is 0.0149. The summed E-state index contributed by atoms with van der Waals surface area (Å²) in [5, 5.41) is 11.8. The second-order valence-corrected chi connectivity index (χ2v) is 3.57. The first-order valence-corrected chi connectivity index (χ1v) is 4.77. The quantitative estimate of drug-likeness (QED) is 0.795. The first kappa shape index (κ1) is 11.5. The molecule has 0 aliphatic carbocycles. The van der Waals surface area contributed by atoms with Gasteiger partial charge < -0.3 is 11.1 Å². The Kier molecular flexibility index (Phi) is 3.64. The van der Waals surface area contributed by atoms with Crippen LogP contribution in [0.1, 0.15) is 19.4 Å². The Hall–Kier alpha value is -1.60. The normalized spacial score (nSPS) is 14.1. The van der Waals surface area contributed by atoms with Gasteiger partial charge in [0.2, 0.25) is 0 Å².